The average Bonchev–Trinajstić information content (AvgIpc) is 2.48. The first-order chi connectivity index (χ1) is 10.2. The maximum Gasteiger partial charge on any atom is 0.129 e. The molecule has 1 aromatic carbocycles. The Kier molecular flexibility index (Phi) is 6.58. The van der Waals surface area contributed by atoms with Crippen molar-refractivity contribution in [2.75, 3.05) is 13.2 Å². The molecular formula is C17H25F2NO. The highest BCUT2D eigenvalue weighted by Crippen LogP contribution is 2.20. The highest BCUT2D eigenvalue weighted by atomic mass is 19.1. The molecule has 1 fully saturated rings. The fourth-order valence-electron chi connectivity index (χ4n) is 2.85. The quantitative estimate of drug-likeness (QED) is 0.826. The first-order valence-corrected chi connectivity index (χ1v) is 7.98. The topological polar surface area (TPSA) is 21.3 Å². The van der Waals surface area contributed by atoms with Crippen LogP contribution in [0, 0.1) is 11.6 Å². The lowest BCUT2D eigenvalue weighted by atomic mass is 9.96. The summed E-state index contributed by atoms with van der Waals surface area (Å²) in [4.78, 5) is 0. The van der Waals surface area contributed by atoms with Crippen LogP contribution in [0.3, 0.4) is 0 Å². The number of hydrogen-bond acceptors (Lipinski definition) is 2. The predicted molar refractivity (Wildman–Crippen MR) is 80.4 cm³/mol. The van der Waals surface area contributed by atoms with Gasteiger partial charge in [-0.3, -0.25) is 0 Å². The number of benzene rings is 1. The molecular weight excluding hydrogens is 272 g/mol. The van der Waals surface area contributed by atoms with Crippen LogP contribution in [0.1, 0.15) is 44.6 Å². The summed E-state index contributed by atoms with van der Waals surface area (Å²) >= 11 is 0. The van der Waals surface area contributed by atoms with Gasteiger partial charge in [0.2, 0.25) is 0 Å². The third-order valence-electron chi connectivity index (χ3n) is 3.99. The Labute approximate surface area is 125 Å². The Morgan fingerprint density at radius 3 is 2.86 bits per heavy atom. The molecule has 0 amide bonds. The highest BCUT2D eigenvalue weighted by molar-refractivity contribution is 5.19. The van der Waals surface area contributed by atoms with Crippen molar-refractivity contribution >= 4 is 0 Å². The van der Waals surface area contributed by atoms with Gasteiger partial charge in [-0.25, -0.2) is 8.78 Å². The monoisotopic (exact) mass is 297 g/mol. The van der Waals surface area contributed by atoms with Crippen molar-refractivity contribution in [3.63, 3.8) is 0 Å². The van der Waals surface area contributed by atoms with E-state index in [1.165, 1.54) is 12.5 Å². The van der Waals surface area contributed by atoms with E-state index in [0.717, 1.165) is 44.9 Å². The molecule has 1 N–H and O–H groups in total. The van der Waals surface area contributed by atoms with Crippen LogP contribution in [0.5, 0.6) is 0 Å². The minimum absolute atomic E-state index is 0.174. The molecule has 2 nitrogen and oxygen atoms in total. The molecule has 118 valence electrons. The largest absolute Gasteiger partial charge is 0.378 e. The lowest BCUT2D eigenvalue weighted by Gasteiger charge is -2.28. The molecule has 0 bridgehead atoms. The van der Waals surface area contributed by atoms with E-state index in [9.17, 15) is 8.78 Å². The van der Waals surface area contributed by atoms with Gasteiger partial charge in [0, 0.05) is 18.7 Å². The van der Waals surface area contributed by atoms with Crippen molar-refractivity contribution in [2.45, 2.75) is 57.6 Å². The Morgan fingerprint density at radius 1 is 1.33 bits per heavy atom. The standard InChI is InChI=1S/C17H25F2NO/c1-2-8-20-15(12-16-5-3-4-9-21-16)10-13-6-7-14(18)11-17(13)19/h6-7,11,15-16,20H,2-5,8-10,12H2,1H3. The molecule has 0 aromatic heterocycles. The number of nitrogens with one attached hydrogen (secondary N) is 1. The van der Waals surface area contributed by atoms with Gasteiger partial charge in [-0.05, 0) is 56.7 Å². The van der Waals surface area contributed by atoms with Crippen molar-refractivity contribution in [1.29, 1.82) is 0 Å². The van der Waals surface area contributed by atoms with Gasteiger partial charge in [-0.15, -0.1) is 0 Å². The summed E-state index contributed by atoms with van der Waals surface area (Å²) in [5.74, 6) is -0.979. The maximum absolute atomic E-state index is 13.8. The fourth-order valence-corrected chi connectivity index (χ4v) is 2.85. The summed E-state index contributed by atoms with van der Waals surface area (Å²) in [5.41, 5.74) is 0.570. The summed E-state index contributed by atoms with van der Waals surface area (Å²) in [5, 5.41) is 3.47. The van der Waals surface area contributed by atoms with E-state index in [1.807, 2.05) is 0 Å². The predicted octanol–water partition coefficient (Wildman–Crippen LogP) is 3.83. The normalized spacial score (nSPS) is 20.4. The molecule has 4 heteroatoms. The minimum Gasteiger partial charge on any atom is -0.378 e. The smallest absolute Gasteiger partial charge is 0.129 e. The Morgan fingerprint density at radius 2 is 2.19 bits per heavy atom. The molecule has 0 spiro atoms. The van der Waals surface area contributed by atoms with Gasteiger partial charge in [0.05, 0.1) is 6.10 Å². The van der Waals surface area contributed by atoms with Gasteiger partial charge in [0.25, 0.3) is 0 Å². The number of rotatable bonds is 7. The Balaban J connectivity index is 1.97. The third-order valence-corrected chi connectivity index (χ3v) is 3.99. The summed E-state index contributed by atoms with van der Waals surface area (Å²) in [6, 6.07) is 4.01. The molecule has 21 heavy (non-hydrogen) atoms. The molecule has 1 aromatic rings. The van der Waals surface area contributed by atoms with E-state index >= 15 is 0 Å². The summed E-state index contributed by atoms with van der Waals surface area (Å²) < 4.78 is 32.6. The van der Waals surface area contributed by atoms with Gasteiger partial charge in [-0.2, -0.15) is 0 Å². The average molecular weight is 297 g/mol. The second-order valence-electron chi connectivity index (χ2n) is 5.82. The van der Waals surface area contributed by atoms with Crippen molar-refractivity contribution < 1.29 is 13.5 Å². The second-order valence-corrected chi connectivity index (χ2v) is 5.82. The van der Waals surface area contributed by atoms with Gasteiger partial charge in [-0.1, -0.05) is 13.0 Å². The van der Waals surface area contributed by atoms with Crippen LogP contribution >= 0.6 is 0 Å². The van der Waals surface area contributed by atoms with Crippen LogP contribution in [-0.2, 0) is 11.2 Å². The number of halogens is 2. The second kappa shape index (κ2) is 8.44. The molecule has 2 rings (SSSR count). The zero-order chi connectivity index (χ0) is 15.1. The zero-order valence-corrected chi connectivity index (χ0v) is 12.7. The minimum atomic E-state index is -0.523. The highest BCUT2D eigenvalue weighted by Gasteiger charge is 2.20. The van der Waals surface area contributed by atoms with E-state index in [2.05, 4.69) is 12.2 Å². The molecule has 1 saturated heterocycles. The van der Waals surface area contributed by atoms with Crippen molar-refractivity contribution in [3.05, 3.63) is 35.4 Å². The third kappa shape index (κ3) is 5.36. The Hall–Kier alpha value is -1.00. The molecule has 0 aliphatic carbocycles. The first kappa shape index (κ1) is 16.4. The lowest BCUT2D eigenvalue weighted by Crippen LogP contribution is -2.37. The van der Waals surface area contributed by atoms with Crippen molar-refractivity contribution in [2.24, 2.45) is 0 Å². The number of ether oxygens (including phenoxy) is 1. The molecule has 2 atom stereocenters. The fraction of sp³-hybridized carbons (Fsp3) is 0.647. The van der Waals surface area contributed by atoms with Crippen molar-refractivity contribution in [3.8, 4) is 0 Å². The summed E-state index contributed by atoms with van der Waals surface area (Å²) in [6.45, 7) is 3.84. The zero-order valence-electron chi connectivity index (χ0n) is 12.7. The molecule has 2 unspecified atom stereocenters. The van der Waals surface area contributed by atoms with Crippen LogP contribution in [0.15, 0.2) is 18.2 Å². The molecule has 0 saturated carbocycles. The van der Waals surface area contributed by atoms with Gasteiger partial charge < -0.3 is 10.1 Å². The number of hydrogen-bond donors (Lipinski definition) is 1. The van der Waals surface area contributed by atoms with Crippen LogP contribution < -0.4 is 5.32 Å². The van der Waals surface area contributed by atoms with Gasteiger partial charge in [0.1, 0.15) is 11.6 Å². The molecule has 0 radical (unpaired) electrons. The summed E-state index contributed by atoms with van der Waals surface area (Å²) in [6.07, 6.45) is 6.18. The lowest BCUT2D eigenvalue weighted by molar-refractivity contribution is 0.00521. The molecule has 1 aliphatic heterocycles. The van der Waals surface area contributed by atoms with Crippen LogP contribution in [0.2, 0.25) is 0 Å². The van der Waals surface area contributed by atoms with E-state index < -0.39 is 11.6 Å². The van der Waals surface area contributed by atoms with E-state index in [1.54, 1.807) is 6.07 Å². The SMILES string of the molecule is CCCNC(Cc1ccc(F)cc1F)CC1CCCCO1. The molecule has 1 aliphatic rings. The van der Waals surface area contributed by atoms with Crippen LogP contribution in [0.25, 0.3) is 0 Å². The van der Waals surface area contributed by atoms with Crippen molar-refractivity contribution in [1.82, 2.24) is 5.32 Å². The maximum atomic E-state index is 13.8. The Bertz CT molecular complexity index is 433. The van der Waals surface area contributed by atoms with E-state index in [-0.39, 0.29) is 12.1 Å². The van der Waals surface area contributed by atoms with E-state index in [4.69, 9.17) is 4.74 Å². The van der Waals surface area contributed by atoms with Gasteiger partial charge >= 0.3 is 0 Å². The van der Waals surface area contributed by atoms with Gasteiger partial charge in [0.15, 0.2) is 0 Å². The van der Waals surface area contributed by atoms with E-state index in [0.29, 0.717) is 12.0 Å². The van der Waals surface area contributed by atoms with Crippen LogP contribution in [-0.4, -0.2) is 25.3 Å². The molecule has 1 heterocycles. The first-order valence-electron chi connectivity index (χ1n) is 7.98. The summed E-state index contributed by atoms with van der Waals surface area (Å²) in [7, 11) is 0. The van der Waals surface area contributed by atoms with Crippen LogP contribution in [0.4, 0.5) is 8.78 Å².